The van der Waals surface area contributed by atoms with Crippen molar-refractivity contribution in [2.75, 3.05) is 58.3 Å². The van der Waals surface area contributed by atoms with E-state index in [1.54, 1.807) is 26.2 Å². The van der Waals surface area contributed by atoms with Gasteiger partial charge in [-0.1, -0.05) is 12.1 Å². The van der Waals surface area contributed by atoms with Gasteiger partial charge in [-0.3, -0.25) is 24.7 Å². The van der Waals surface area contributed by atoms with E-state index in [0.29, 0.717) is 12.2 Å². The van der Waals surface area contributed by atoms with Crippen molar-refractivity contribution in [2.24, 2.45) is 0 Å². The fourth-order valence-corrected chi connectivity index (χ4v) is 3.48. The Labute approximate surface area is 181 Å². The molecule has 31 heavy (non-hydrogen) atoms. The summed E-state index contributed by atoms with van der Waals surface area (Å²) in [7, 11) is 1.63. The van der Waals surface area contributed by atoms with Crippen molar-refractivity contribution in [1.82, 2.24) is 9.80 Å². The maximum atomic E-state index is 12.4. The molecule has 0 aromatic heterocycles. The van der Waals surface area contributed by atoms with Crippen LogP contribution < -0.4 is 14.8 Å². The van der Waals surface area contributed by atoms with Crippen LogP contribution in [0.15, 0.2) is 42.5 Å². The number of hydrogen-bond donors (Lipinski definition) is 1. The van der Waals surface area contributed by atoms with Crippen LogP contribution in [0.2, 0.25) is 0 Å². The molecule has 1 aliphatic rings. The third-order valence-electron chi connectivity index (χ3n) is 5.28. The SMILES string of the molecule is COc1ccc(OCCN2CCN(CC(=O)Nc3c(C)cccc3[N+](=O)[O-])CC2)cc1. The molecule has 1 fully saturated rings. The summed E-state index contributed by atoms with van der Waals surface area (Å²) in [6.45, 7) is 6.54. The molecule has 2 aromatic carbocycles. The minimum absolute atomic E-state index is 0.0879. The van der Waals surface area contributed by atoms with Crippen molar-refractivity contribution < 1.29 is 19.2 Å². The molecule has 0 unspecified atom stereocenters. The Balaban J connectivity index is 1.40. The third kappa shape index (κ3) is 6.40. The quantitative estimate of drug-likeness (QED) is 0.484. The van der Waals surface area contributed by atoms with E-state index in [9.17, 15) is 14.9 Å². The predicted molar refractivity (Wildman–Crippen MR) is 118 cm³/mol. The number of carbonyl (C=O) groups excluding carboxylic acids is 1. The first-order valence-electron chi connectivity index (χ1n) is 10.2. The van der Waals surface area contributed by atoms with Crippen LogP contribution in [0.3, 0.4) is 0 Å². The highest BCUT2D eigenvalue weighted by Crippen LogP contribution is 2.27. The zero-order valence-corrected chi connectivity index (χ0v) is 17.9. The van der Waals surface area contributed by atoms with Crippen LogP contribution in [-0.2, 0) is 4.79 Å². The molecule has 0 saturated carbocycles. The largest absolute Gasteiger partial charge is 0.497 e. The van der Waals surface area contributed by atoms with Crippen LogP contribution in [0.4, 0.5) is 11.4 Å². The Hall–Kier alpha value is -3.17. The molecule has 0 spiro atoms. The number of hydrogen-bond acceptors (Lipinski definition) is 7. The lowest BCUT2D eigenvalue weighted by atomic mass is 10.1. The van der Waals surface area contributed by atoms with Crippen LogP contribution in [0, 0.1) is 17.0 Å². The van der Waals surface area contributed by atoms with Gasteiger partial charge in [0.2, 0.25) is 5.91 Å². The molecule has 1 saturated heterocycles. The molecule has 9 heteroatoms. The molecule has 1 heterocycles. The van der Waals surface area contributed by atoms with Crippen LogP contribution in [0.5, 0.6) is 11.5 Å². The lowest BCUT2D eigenvalue weighted by Gasteiger charge is -2.34. The van der Waals surface area contributed by atoms with Gasteiger partial charge in [0, 0.05) is 38.8 Å². The van der Waals surface area contributed by atoms with Crippen molar-refractivity contribution in [3.05, 3.63) is 58.1 Å². The predicted octanol–water partition coefficient (Wildman–Crippen LogP) is 2.55. The van der Waals surface area contributed by atoms with Gasteiger partial charge in [-0.25, -0.2) is 0 Å². The van der Waals surface area contributed by atoms with Gasteiger partial charge in [0.15, 0.2) is 0 Å². The summed E-state index contributed by atoms with van der Waals surface area (Å²) in [5, 5.41) is 13.9. The standard InChI is InChI=1S/C22H28N4O5/c1-17-4-3-5-20(26(28)29)22(17)23-21(27)16-25-12-10-24(11-13-25)14-15-31-19-8-6-18(30-2)7-9-19/h3-9H,10-16H2,1-2H3,(H,23,27). The summed E-state index contributed by atoms with van der Waals surface area (Å²) in [5.41, 5.74) is 0.853. The van der Waals surface area contributed by atoms with Gasteiger partial charge in [-0.05, 0) is 36.8 Å². The second kappa shape index (κ2) is 10.7. The number of benzene rings is 2. The second-order valence-corrected chi connectivity index (χ2v) is 7.42. The fourth-order valence-electron chi connectivity index (χ4n) is 3.48. The number of nitro benzene ring substituents is 1. The minimum Gasteiger partial charge on any atom is -0.497 e. The normalized spacial score (nSPS) is 14.8. The number of aryl methyl sites for hydroxylation is 1. The summed E-state index contributed by atoms with van der Waals surface area (Å²) in [6.07, 6.45) is 0. The van der Waals surface area contributed by atoms with Crippen LogP contribution in [0.25, 0.3) is 0 Å². The molecule has 1 aliphatic heterocycles. The van der Waals surface area contributed by atoms with E-state index in [1.807, 2.05) is 24.3 Å². The lowest BCUT2D eigenvalue weighted by molar-refractivity contribution is -0.384. The number of nitro groups is 1. The van der Waals surface area contributed by atoms with Gasteiger partial charge in [-0.2, -0.15) is 0 Å². The van der Waals surface area contributed by atoms with Crippen molar-refractivity contribution in [3.8, 4) is 11.5 Å². The molecule has 0 radical (unpaired) electrons. The number of rotatable bonds is 9. The summed E-state index contributed by atoms with van der Waals surface area (Å²) in [6, 6.07) is 12.3. The summed E-state index contributed by atoms with van der Waals surface area (Å²) >= 11 is 0. The van der Waals surface area contributed by atoms with E-state index in [4.69, 9.17) is 9.47 Å². The highest BCUT2D eigenvalue weighted by Gasteiger charge is 2.22. The molecule has 1 N–H and O–H groups in total. The van der Waals surface area contributed by atoms with Gasteiger partial charge < -0.3 is 14.8 Å². The highest BCUT2D eigenvalue weighted by atomic mass is 16.6. The number of methoxy groups -OCH3 is 1. The Bertz CT molecular complexity index is 895. The number of ether oxygens (including phenoxy) is 2. The van der Waals surface area contributed by atoms with Crippen molar-refractivity contribution >= 4 is 17.3 Å². The number of nitrogens with zero attached hydrogens (tertiary/aromatic N) is 3. The van der Waals surface area contributed by atoms with Crippen molar-refractivity contribution in [2.45, 2.75) is 6.92 Å². The molecule has 1 amide bonds. The van der Waals surface area contributed by atoms with E-state index in [0.717, 1.165) is 44.2 Å². The first-order valence-corrected chi connectivity index (χ1v) is 10.2. The molecule has 2 aromatic rings. The van der Waals surface area contributed by atoms with Crippen LogP contribution in [-0.4, -0.2) is 73.6 Å². The van der Waals surface area contributed by atoms with E-state index < -0.39 is 4.92 Å². The average Bonchev–Trinajstić information content (AvgIpc) is 2.76. The number of amides is 1. The number of piperazine rings is 1. The van der Waals surface area contributed by atoms with Crippen LogP contribution >= 0.6 is 0 Å². The molecule has 166 valence electrons. The zero-order valence-electron chi connectivity index (χ0n) is 17.9. The molecule has 0 atom stereocenters. The van der Waals surface area contributed by atoms with Gasteiger partial charge >= 0.3 is 0 Å². The molecule has 9 nitrogen and oxygen atoms in total. The number of carbonyl (C=O) groups is 1. The Kier molecular flexibility index (Phi) is 7.80. The average molecular weight is 428 g/mol. The Morgan fingerprint density at radius 1 is 1.06 bits per heavy atom. The summed E-state index contributed by atoms with van der Waals surface area (Å²) in [5.74, 6) is 1.36. The first kappa shape index (κ1) is 22.5. The monoisotopic (exact) mass is 428 g/mol. The van der Waals surface area contributed by atoms with Gasteiger partial charge in [-0.15, -0.1) is 0 Å². The van der Waals surface area contributed by atoms with Gasteiger partial charge in [0.05, 0.1) is 18.6 Å². The topological polar surface area (TPSA) is 97.2 Å². The zero-order chi connectivity index (χ0) is 22.2. The summed E-state index contributed by atoms with van der Waals surface area (Å²) < 4.78 is 10.9. The van der Waals surface area contributed by atoms with Gasteiger partial charge in [0.1, 0.15) is 23.8 Å². The van der Waals surface area contributed by atoms with Gasteiger partial charge in [0.25, 0.3) is 5.69 Å². The number of anilines is 1. The number of nitrogens with one attached hydrogen (secondary N) is 1. The second-order valence-electron chi connectivity index (χ2n) is 7.42. The highest BCUT2D eigenvalue weighted by molar-refractivity contribution is 5.95. The molecular formula is C22H28N4O5. The van der Waals surface area contributed by atoms with Crippen molar-refractivity contribution in [3.63, 3.8) is 0 Å². The maximum Gasteiger partial charge on any atom is 0.293 e. The Morgan fingerprint density at radius 2 is 1.71 bits per heavy atom. The lowest BCUT2D eigenvalue weighted by Crippen LogP contribution is -2.49. The van der Waals surface area contributed by atoms with E-state index in [2.05, 4.69) is 15.1 Å². The Morgan fingerprint density at radius 3 is 2.35 bits per heavy atom. The summed E-state index contributed by atoms with van der Waals surface area (Å²) in [4.78, 5) is 27.5. The fraction of sp³-hybridized carbons (Fsp3) is 0.409. The van der Waals surface area contributed by atoms with E-state index in [-0.39, 0.29) is 23.8 Å². The van der Waals surface area contributed by atoms with E-state index in [1.165, 1.54) is 6.07 Å². The first-order chi connectivity index (χ1) is 15.0. The molecule has 0 bridgehead atoms. The smallest absolute Gasteiger partial charge is 0.293 e. The van der Waals surface area contributed by atoms with E-state index >= 15 is 0 Å². The van der Waals surface area contributed by atoms with Crippen LogP contribution in [0.1, 0.15) is 5.56 Å². The molecule has 0 aliphatic carbocycles. The third-order valence-corrected chi connectivity index (χ3v) is 5.28. The number of para-hydroxylation sites is 1. The maximum absolute atomic E-state index is 12.4. The van der Waals surface area contributed by atoms with Crippen molar-refractivity contribution in [1.29, 1.82) is 0 Å². The minimum atomic E-state index is -0.477. The molecular weight excluding hydrogens is 400 g/mol. The molecule has 3 rings (SSSR count).